The Hall–Kier alpha value is -2.99. The van der Waals surface area contributed by atoms with Crippen molar-refractivity contribution in [2.45, 2.75) is 63.5 Å². The predicted molar refractivity (Wildman–Crippen MR) is 134 cm³/mol. The summed E-state index contributed by atoms with van der Waals surface area (Å²) in [4.78, 5) is 24.6. The van der Waals surface area contributed by atoms with Gasteiger partial charge in [-0.25, -0.2) is 9.97 Å². The van der Waals surface area contributed by atoms with E-state index < -0.39 is 8.32 Å². The maximum atomic E-state index is 12.3. The summed E-state index contributed by atoms with van der Waals surface area (Å²) in [5.74, 6) is 0.829. The van der Waals surface area contributed by atoms with Crippen LogP contribution in [0.5, 0.6) is 0 Å². The number of rotatable bonds is 8. The van der Waals surface area contributed by atoms with E-state index in [1.807, 2.05) is 42.6 Å². The summed E-state index contributed by atoms with van der Waals surface area (Å²) in [6.45, 7) is 4.38. The molecule has 0 fully saturated rings. The lowest BCUT2D eigenvalue weighted by atomic mass is 9.93. The Morgan fingerprint density at radius 2 is 1.73 bits per heavy atom. The van der Waals surface area contributed by atoms with Crippen LogP contribution in [0.3, 0.4) is 0 Å². The van der Waals surface area contributed by atoms with E-state index in [-0.39, 0.29) is 11.1 Å². The molecule has 170 valence electrons. The van der Waals surface area contributed by atoms with Gasteiger partial charge in [-0.1, -0.05) is 79.6 Å². The summed E-state index contributed by atoms with van der Waals surface area (Å²) in [5, 5.41) is 5.70. The zero-order chi connectivity index (χ0) is 23.3. The van der Waals surface area contributed by atoms with Crippen molar-refractivity contribution in [1.29, 1.82) is 0 Å². The number of benzene rings is 2. The topological polar surface area (TPSA) is 94.8 Å². The molecule has 7 heteroatoms. The first kappa shape index (κ1) is 23.2. The Morgan fingerprint density at radius 3 is 2.33 bits per heavy atom. The predicted octanol–water partition coefficient (Wildman–Crippen LogP) is 5.02. The van der Waals surface area contributed by atoms with Gasteiger partial charge in [0.1, 0.15) is 5.82 Å². The smallest absolute Gasteiger partial charge is 0.258 e. The number of aromatic nitrogens is 2. The van der Waals surface area contributed by atoms with E-state index in [1.54, 1.807) is 0 Å². The summed E-state index contributed by atoms with van der Waals surface area (Å²) in [6, 6.07) is 20.1. The van der Waals surface area contributed by atoms with E-state index in [0.717, 1.165) is 66.0 Å². The largest absolute Gasteiger partial charge is 0.424 e. The van der Waals surface area contributed by atoms with Crippen molar-refractivity contribution in [2.24, 2.45) is 5.11 Å². The lowest BCUT2D eigenvalue weighted by Crippen LogP contribution is -2.65. The third-order valence-corrected chi connectivity index (χ3v) is 11.5. The van der Waals surface area contributed by atoms with Crippen LogP contribution in [-0.2, 0) is 12.8 Å². The molecule has 0 radical (unpaired) electrons. The number of hydrogen-bond acceptors (Lipinski definition) is 4. The third kappa shape index (κ3) is 4.71. The molecule has 3 aromatic rings. The van der Waals surface area contributed by atoms with Crippen LogP contribution in [0.2, 0.25) is 5.04 Å². The van der Waals surface area contributed by atoms with Gasteiger partial charge in [0.25, 0.3) is 8.32 Å². The molecule has 1 atom stereocenters. The van der Waals surface area contributed by atoms with Gasteiger partial charge in [-0.05, 0) is 53.0 Å². The second-order valence-electron chi connectivity index (χ2n) is 9.48. The maximum absolute atomic E-state index is 12.3. The van der Waals surface area contributed by atoms with Crippen molar-refractivity contribution in [3.05, 3.63) is 94.4 Å². The number of hydrogen-bond donors (Lipinski definition) is 1. The van der Waals surface area contributed by atoms with Crippen LogP contribution in [0.15, 0.2) is 72.0 Å². The van der Waals surface area contributed by atoms with Crippen LogP contribution in [0, 0.1) is 0 Å². The molecule has 0 aliphatic heterocycles. The molecule has 1 heterocycles. The number of fused-ring (bicyclic) bond motifs is 1. The monoisotopic (exact) mass is 457 g/mol. The number of azide groups is 1. The van der Waals surface area contributed by atoms with Gasteiger partial charge in [-0.2, -0.15) is 0 Å². The molecule has 1 aromatic heterocycles. The van der Waals surface area contributed by atoms with Crippen LogP contribution in [0.25, 0.3) is 10.4 Å². The van der Waals surface area contributed by atoms with Gasteiger partial charge in [0.2, 0.25) is 0 Å². The average molecular weight is 458 g/mol. The summed E-state index contributed by atoms with van der Waals surface area (Å²) in [5.41, 5.74) is 10.8. The normalized spacial score (nSPS) is 16.0. The summed E-state index contributed by atoms with van der Waals surface area (Å²) in [6.07, 6.45) is 7.10. The minimum Gasteiger partial charge on any atom is -0.424 e. The SMILES string of the molecule is CC(C)(CCCc1ncc2c(n1)CCCC2N=[N+]=[N-])[Si](O)(c1ccccc1)c1ccccc1. The molecule has 0 amide bonds. The fourth-order valence-electron chi connectivity index (χ4n) is 5.04. The van der Waals surface area contributed by atoms with Crippen molar-refractivity contribution in [2.75, 3.05) is 0 Å². The number of aryl methyl sites for hydroxylation is 2. The Kier molecular flexibility index (Phi) is 6.93. The zero-order valence-corrected chi connectivity index (χ0v) is 20.4. The Morgan fingerprint density at radius 1 is 1.09 bits per heavy atom. The molecule has 6 nitrogen and oxygen atoms in total. The molecule has 4 rings (SSSR count). The van der Waals surface area contributed by atoms with Crippen LogP contribution in [-0.4, -0.2) is 23.1 Å². The fourth-order valence-corrected chi connectivity index (χ4v) is 8.83. The highest BCUT2D eigenvalue weighted by molar-refractivity contribution is 6.98. The van der Waals surface area contributed by atoms with Gasteiger partial charge in [-0.15, -0.1) is 0 Å². The fraction of sp³-hybridized carbons (Fsp3) is 0.385. The van der Waals surface area contributed by atoms with Crippen LogP contribution in [0.1, 0.15) is 62.7 Å². The lowest BCUT2D eigenvalue weighted by molar-refractivity contribution is 0.455. The summed E-state index contributed by atoms with van der Waals surface area (Å²) in [7, 11) is -3.00. The van der Waals surface area contributed by atoms with E-state index >= 15 is 0 Å². The average Bonchev–Trinajstić information content (AvgIpc) is 2.84. The first-order chi connectivity index (χ1) is 16.0. The van der Waals surface area contributed by atoms with Crippen molar-refractivity contribution < 1.29 is 4.80 Å². The third-order valence-electron chi connectivity index (χ3n) is 6.96. The first-order valence-electron chi connectivity index (χ1n) is 11.7. The molecule has 2 aromatic carbocycles. The quantitative estimate of drug-likeness (QED) is 0.223. The second kappa shape index (κ2) is 9.87. The molecule has 1 aliphatic carbocycles. The van der Waals surface area contributed by atoms with Crippen molar-refractivity contribution >= 4 is 18.7 Å². The molecular weight excluding hydrogens is 426 g/mol. The van der Waals surface area contributed by atoms with Crippen molar-refractivity contribution in [3.63, 3.8) is 0 Å². The summed E-state index contributed by atoms with van der Waals surface area (Å²) >= 11 is 0. The van der Waals surface area contributed by atoms with Crippen LogP contribution >= 0.6 is 0 Å². The van der Waals surface area contributed by atoms with E-state index in [0.29, 0.717) is 0 Å². The Balaban J connectivity index is 1.53. The van der Waals surface area contributed by atoms with Gasteiger partial charge in [-0.3, -0.25) is 0 Å². The van der Waals surface area contributed by atoms with Crippen molar-refractivity contribution in [3.8, 4) is 0 Å². The number of nitrogens with zero attached hydrogens (tertiary/aromatic N) is 5. The molecular formula is C26H31N5OSi. The van der Waals surface area contributed by atoms with Gasteiger partial charge in [0, 0.05) is 28.8 Å². The molecule has 1 unspecified atom stereocenters. The highest BCUT2D eigenvalue weighted by Gasteiger charge is 2.49. The lowest BCUT2D eigenvalue weighted by Gasteiger charge is -2.41. The van der Waals surface area contributed by atoms with Crippen molar-refractivity contribution in [1.82, 2.24) is 9.97 Å². The van der Waals surface area contributed by atoms with Gasteiger partial charge < -0.3 is 4.80 Å². The molecule has 33 heavy (non-hydrogen) atoms. The molecule has 1 N–H and O–H groups in total. The molecule has 0 spiro atoms. The summed E-state index contributed by atoms with van der Waals surface area (Å²) < 4.78 is 0. The van der Waals surface area contributed by atoms with Crippen LogP contribution < -0.4 is 10.4 Å². The zero-order valence-electron chi connectivity index (χ0n) is 19.4. The first-order valence-corrected chi connectivity index (χ1v) is 13.6. The van der Waals surface area contributed by atoms with Crippen LogP contribution in [0.4, 0.5) is 0 Å². The van der Waals surface area contributed by atoms with Gasteiger partial charge in [0.15, 0.2) is 0 Å². The molecule has 0 saturated heterocycles. The van der Waals surface area contributed by atoms with E-state index in [4.69, 9.17) is 10.5 Å². The van der Waals surface area contributed by atoms with Gasteiger partial charge >= 0.3 is 0 Å². The minimum atomic E-state index is -3.00. The molecule has 1 aliphatic rings. The maximum Gasteiger partial charge on any atom is 0.258 e. The minimum absolute atomic E-state index is 0.149. The highest BCUT2D eigenvalue weighted by Crippen LogP contribution is 2.40. The standard InChI is InChI=1S/C26H31N5OSi/c1-26(2,33(32,20-11-5-3-6-12-20)21-13-7-4-8-14-21)18-10-17-25-28-19-22-23(29-25)15-9-16-24(22)30-31-27/h3-8,11-14,19,24,32H,9-10,15-18H2,1-2H3. The van der Waals surface area contributed by atoms with E-state index in [1.165, 1.54) is 0 Å². The van der Waals surface area contributed by atoms with E-state index in [2.05, 4.69) is 53.1 Å². The second-order valence-corrected chi connectivity index (χ2v) is 13.4. The Labute approximate surface area is 196 Å². The highest BCUT2D eigenvalue weighted by atomic mass is 28.4. The van der Waals surface area contributed by atoms with Gasteiger partial charge in [0.05, 0.1) is 6.04 Å². The molecule has 0 bridgehead atoms. The molecule has 0 saturated carbocycles. The van der Waals surface area contributed by atoms with E-state index in [9.17, 15) is 4.80 Å². The Bertz CT molecular complexity index is 1090.